The van der Waals surface area contributed by atoms with Gasteiger partial charge in [-0.15, -0.1) is 11.3 Å². The van der Waals surface area contributed by atoms with Crippen LogP contribution in [0.2, 0.25) is 0 Å². The zero-order valence-electron chi connectivity index (χ0n) is 13.8. The van der Waals surface area contributed by atoms with Crippen molar-refractivity contribution in [3.05, 3.63) is 39.3 Å². The molecular formula is C17H21BrN2O2S. The van der Waals surface area contributed by atoms with E-state index >= 15 is 0 Å². The van der Waals surface area contributed by atoms with Crippen LogP contribution in [-0.2, 0) is 4.74 Å². The number of hydrogen-bond donors (Lipinski definition) is 0. The molecule has 0 N–H and O–H groups in total. The zero-order chi connectivity index (χ0) is 17.0. The summed E-state index contributed by atoms with van der Waals surface area (Å²) >= 11 is 5.00. The summed E-state index contributed by atoms with van der Waals surface area (Å²) in [7, 11) is 0. The van der Waals surface area contributed by atoms with Crippen molar-refractivity contribution in [1.29, 1.82) is 0 Å². The number of halogens is 1. The number of esters is 1. The van der Waals surface area contributed by atoms with Gasteiger partial charge in [0, 0.05) is 22.1 Å². The van der Waals surface area contributed by atoms with E-state index in [0.717, 1.165) is 21.8 Å². The normalized spacial score (nSPS) is 10.9. The van der Waals surface area contributed by atoms with Crippen molar-refractivity contribution in [3.8, 4) is 0 Å². The van der Waals surface area contributed by atoms with Crippen molar-refractivity contribution in [2.24, 2.45) is 5.92 Å². The first-order valence-electron chi connectivity index (χ1n) is 7.58. The molecule has 0 aliphatic heterocycles. The Morgan fingerprint density at radius 1 is 1.43 bits per heavy atom. The van der Waals surface area contributed by atoms with Crippen LogP contribution in [0.15, 0.2) is 28.1 Å². The highest BCUT2D eigenvalue weighted by Gasteiger charge is 2.19. The summed E-state index contributed by atoms with van der Waals surface area (Å²) in [5, 5.41) is 2.57. The maximum absolute atomic E-state index is 11.9. The SMILES string of the molecule is CCOC(=O)c1csc(N(CC(C)C)c2cc(Br)ccc2C)n1. The lowest BCUT2D eigenvalue weighted by atomic mass is 10.1. The van der Waals surface area contributed by atoms with Crippen molar-refractivity contribution < 1.29 is 9.53 Å². The van der Waals surface area contributed by atoms with Gasteiger partial charge >= 0.3 is 5.97 Å². The van der Waals surface area contributed by atoms with Crippen molar-refractivity contribution in [3.63, 3.8) is 0 Å². The molecule has 0 spiro atoms. The Labute approximate surface area is 149 Å². The molecule has 124 valence electrons. The summed E-state index contributed by atoms with van der Waals surface area (Å²) in [5.41, 5.74) is 2.63. The van der Waals surface area contributed by atoms with E-state index in [1.807, 2.05) is 6.07 Å². The molecule has 0 aliphatic carbocycles. The van der Waals surface area contributed by atoms with Gasteiger partial charge in [-0.2, -0.15) is 0 Å². The number of hydrogen-bond acceptors (Lipinski definition) is 5. The van der Waals surface area contributed by atoms with Gasteiger partial charge in [-0.1, -0.05) is 35.8 Å². The molecule has 0 radical (unpaired) electrons. The number of rotatable bonds is 6. The third-order valence-electron chi connectivity index (χ3n) is 3.22. The fourth-order valence-electron chi connectivity index (χ4n) is 2.21. The molecule has 0 atom stereocenters. The second-order valence-electron chi connectivity index (χ2n) is 5.67. The van der Waals surface area contributed by atoms with Gasteiger partial charge in [-0.3, -0.25) is 0 Å². The lowest BCUT2D eigenvalue weighted by molar-refractivity contribution is 0.0520. The highest BCUT2D eigenvalue weighted by atomic mass is 79.9. The molecule has 23 heavy (non-hydrogen) atoms. The molecule has 2 aromatic rings. The van der Waals surface area contributed by atoms with Gasteiger partial charge in [0.1, 0.15) is 0 Å². The van der Waals surface area contributed by atoms with Crippen LogP contribution < -0.4 is 4.90 Å². The lowest BCUT2D eigenvalue weighted by Crippen LogP contribution is -2.23. The van der Waals surface area contributed by atoms with Gasteiger partial charge < -0.3 is 9.64 Å². The first-order chi connectivity index (χ1) is 10.9. The van der Waals surface area contributed by atoms with Gasteiger partial charge in [0.05, 0.1) is 6.61 Å². The van der Waals surface area contributed by atoms with Crippen LogP contribution in [-0.4, -0.2) is 24.1 Å². The Bertz CT molecular complexity index is 685. The molecule has 0 saturated carbocycles. The lowest BCUT2D eigenvalue weighted by Gasteiger charge is -2.26. The average Bonchev–Trinajstić information content (AvgIpc) is 2.97. The Morgan fingerprint density at radius 3 is 2.83 bits per heavy atom. The molecule has 0 saturated heterocycles. The molecule has 1 aromatic heterocycles. The van der Waals surface area contributed by atoms with Crippen LogP contribution in [0.4, 0.5) is 10.8 Å². The molecule has 6 heteroatoms. The predicted octanol–water partition coefficient (Wildman–Crippen LogP) is 5.18. The van der Waals surface area contributed by atoms with Gasteiger partial charge in [0.2, 0.25) is 0 Å². The number of carbonyl (C=O) groups is 1. The molecule has 0 aliphatic rings. The molecule has 0 unspecified atom stereocenters. The molecule has 4 nitrogen and oxygen atoms in total. The number of anilines is 2. The smallest absolute Gasteiger partial charge is 0.357 e. The van der Waals surface area contributed by atoms with E-state index in [2.05, 4.69) is 58.7 Å². The van der Waals surface area contributed by atoms with E-state index in [4.69, 9.17) is 4.74 Å². The third-order valence-corrected chi connectivity index (χ3v) is 4.57. The van der Waals surface area contributed by atoms with Crippen molar-refractivity contribution in [1.82, 2.24) is 4.98 Å². The van der Waals surface area contributed by atoms with E-state index in [9.17, 15) is 4.79 Å². The Hall–Kier alpha value is -1.40. The number of aryl methyl sites for hydroxylation is 1. The Kier molecular flexibility index (Phi) is 6.18. The number of ether oxygens (including phenoxy) is 1. The summed E-state index contributed by atoms with van der Waals surface area (Å²) in [6.45, 7) is 9.38. The molecule has 0 fully saturated rings. The molecule has 1 aromatic carbocycles. The van der Waals surface area contributed by atoms with Gasteiger partial charge in [0.15, 0.2) is 10.8 Å². The average molecular weight is 397 g/mol. The predicted molar refractivity (Wildman–Crippen MR) is 98.8 cm³/mol. The summed E-state index contributed by atoms with van der Waals surface area (Å²) in [5.74, 6) is 0.0915. The van der Waals surface area contributed by atoms with Crippen molar-refractivity contribution >= 4 is 44.1 Å². The summed E-state index contributed by atoms with van der Waals surface area (Å²) in [6, 6.07) is 6.19. The number of thiazole rings is 1. The van der Waals surface area contributed by atoms with Crippen LogP contribution in [0.3, 0.4) is 0 Å². The molecule has 0 bridgehead atoms. The third kappa shape index (κ3) is 4.54. The van der Waals surface area contributed by atoms with E-state index in [1.54, 1.807) is 12.3 Å². The minimum atomic E-state index is -0.370. The van der Waals surface area contributed by atoms with Crippen LogP contribution in [0.5, 0.6) is 0 Å². The van der Waals surface area contributed by atoms with Crippen LogP contribution in [0.25, 0.3) is 0 Å². The fraction of sp³-hybridized carbons (Fsp3) is 0.412. The molecular weight excluding hydrogens is 376 g/mol. The maximum atomic E-state index is 11.9. The fourth-order valence-corrected chi connectivity index (χ4v) is 3.37. The van der Waals surface area contributed by atoms with E-state index in [0.29, 0.717) is 18.2 Å². The number of benzene rings is 1. The van der Waals surface area contributed by atoms with Gasteiger partial charge in [-0.05, 0) is 37.5 Å². The summed E-state index contributed by atoms with van der Waals surface area (Å²) < 4.78 is 6.05. The topological polar surface area (TPSA) is 42.4 Å². The first-order valence-corrected chi connectivity index (χ1v) is 9.26. The monoisotopic (exact) mass is 396 g/mol. The van der Waals surface area contributed by atoms with E-state index in [1.165, 1.54) is 16.9 Å². The molecule has 0 amide bonds. The van der Waals surface area contributed by atoms with Crippen LogP contribution in [0.1, 0.15) is 36.8 Å². The van der Waals surface area contributed by atoms with E-state index < -0.39 is 0 Å². The highest BCUT2D eigenvalue weighted by molar-refractivity contribution is 9.10. The summed E-state index contributed by atoms with van der Waals surface area (Å²) in [6.07, 6.45) is 0. The van der Waals surface area contributed by atoms with Crippen molar-refractivity contribution in [2.45, 2.75) is 27.7 Å². The first kappa shape index (κ1) is 17.9. The second-order valence-corrected chi connectivity index (χ2v) is 7.42. The number of aromatic nitrogens is 1. The zero-order valence-corrected chi connectivity index (χ0v) is 16.2. The Morgan fingerprint density at radius 2 is 2.17 bits per heavy atom. The number of nitrogens with zero attached hydrogens (tertiary/aromatic N) is 2. The molecule has 1 heterocycles. The minimum Gasteiger partial charge on any atom is -0.461 e. The van der Waals surface area contributed by atoms with Crippen LogP contribution >= 0.6 is 27.3 Å². The van der Waals surface area contributed by atoms with Gasteiger partial charge in [0.25, 0.3) is 0 Å². The van der Waals surface area contributed by atoms with Gasteiger partial charge in [-0.25, -0.2) is 9.78 Å². The quantitative estimate of drug-likeness (QED) is 0.630. The van der Waals surface area contributed by atoms with Crippen molar-refractivity contribution in [2.75, 3.05) is 18.1 Å². The largest absolute Gasteiger partial charge is 0.461 e. The highest BCUT2D eigenvalue weighted by Crippen LogP contribution is 2.33. The minimum absolute atomic E-state index is 0.353. The Balaban J connectivity index is 2.39. The molecule has 2 rings (SSSR count). The number of carbonyl (C=O) groups excluding carboxylic acids is 1. The maximum Gasteiger partial charge on any atom is 0.357 e. The summed E-state index contributed by atoms with van der Waals surface area (Å²) in [4.78, 5) is 18.5. The second kappa shape index (κ2) is 7.93. The standard InChI is InChI=1S/C17H21BrN2O2S/c1-5-22-16(21)14-10-23-17(19-14)20(9-11(2)3)15-8-13(18)7-6-12(15)4/h6-8,10-11H,5,9H2,1-4H3. The van der Waals surface area contributed by atoms with Crippen LogP contribution in [0, 0.1) is 12.8 Å². The van der Waals surface area contributed by atoms with E-state index in [-0.39, 0.29) is 5.97 Å².